The van der Waals surface area contributed by atoms with Gasteiger partial charge in [-0.3, -0.25) is 0 Å². The topological polar surface area (TPSA) is 46.2 Å². The number of anilines is 1. The van der Waals surface area contributed by atoms with Gasteiger partial charge in [0.15, 0.2) is 9.84 Å². The fourth-order valence-electron chi connectivity index (χ4n) is 1.86. The van der Waals surface area contributed by atoms with E-state index in [1.807, 2.05) is 11.4 Å². The van der Waals surface area contributed by atoms with Crippen molar-refractivity contribution in [3.63, 3.8) is 0 Å². The smallest absolute Gasteiger partial charge is 0.178 e. The minimum Gasteiger partial charge on any atom is -0.378 e. The Morgan fingerprint density at radius 3 is 2.40 bits per heavy atom. The number of thiophene rings is 1. The average molecular weight is 374 g/mol. The average Bonchev–Trinajstić information content (AvgIpc) is 2.85. The quantitative estimate of drug-likeness (QED) is 0.840. The molecule has 3 nitrogen and oxygen atoms in total. The molecule has 0 amide bonds. The van der Waals surface area contributed by atoms with Crippen molar-refractivity contribution in [2.24, 2.45) is 0 Å². The first-order valence-corrected chi connectivity index (χ1v) is 9.59. The molecule has 0 bridgehead atoms. The third-order valence-corrected chi connectivity index (χ3v) is 6.82. The molecule has 1 aromatic carbocycles. The second-order valence-electron chi connectivity index (χ2n) is 4.43. The van der Waals surface area contributed by atoms with Gasteiger partial charge in [-0.25, -0.2) is 8.42 Å². The maximum Gasteiger partial charge on any atom is 0.178 e. The number of benzene rings is 1. The Kier molecular flexibility index (Phi) is 4.88. The molecule has 2 aromatic rings. The first kappa shape index (κ1) is 15.5. The monoisotopic (exact) mass is 373 g/mol. The summed E-state index contributed by atoms with van der Waals surface area (Å²) >= 11 is 5.20. The molecule has 0 saturated carbocycles. The van der Waals surface area contributed by atoms with Crippen LogP contribution < -0.4 is 5.32 Å². The highest BCUT2D eigenvalue weighted by Crippen LogP contribution is 2.31. The van der Waals surface area contributed by atoms with Crippen molar-refractivity contribution in [2.45, 2.75) is 24.8 Å². The predicted octanol–water partition coefficient (Wildman–Crippen LogP) is 4.48. The molecule has 1 N–H and O–H groups in total. The van der Waals surface area contributed by atoms with E-state index < -0.39 is 9.84 Å². The van der Waals surface area contributed by atoms with Crippen molar-refractivity contribution in [3.8, 4) is 0 Å². The summed E-state index contributed by atoms with van der Waals surface area (Å²) in [6.45, 7) is 3.73. The summed E-state index contributed by atoms with van der Waals surface area (Å²) in [4.78, 5) is 1.59. The van der Waals surface area contributed by atoms with Gasteiger partial charge >= 0.3 is 0 Å². The van der Waals surface area contributed by atoms with Crippen LogP contribution in [0.25, 0.3) is 0 Å². The molecular formula is C14H16BrNO2S2. The summed E-state index contributed by atoms with van der Waals surface area (Å²) in [6, 6.07) is 9.10. The van der Waals surface area contributed by atoms with Crippen molar-refractivity contribution in [1.29, 1.82) is 0 Å². The van der Waals surface area contributed by atoms with Crippen LogP contribution in [0.2, 0.25) is 0 Å². The lowest BCUT2D eigenvalue weighted by Gasteiger charge is -2.15. The SMILES string of the molecule is CCS(=O)(=O)c1ccc(NC(C)c2sccc2Br)cc1. The molecular weight excluding hydrogens is 358 g/mol. The van der Waals surface area contributed by atoms with E-state index in [-0.39, 0.29) is 11.8 Å². The molecule has 1 heterocycles. The van der Waals surface area contributed by atoms with E-state index in [9.17, 15) is 8.42 Å². The van der Waals surface area contributed by atoms with E-state index in [4.69, 9.17) is 0 Å². The van der Waals surface area contributed by atoms with Gasteiger partial charge in [-0.05, 0) is 58.6 Å². The molecule has 20 heavy (non-hydrogen) atoms. The fraction of sp³-hybridized carbons (Fsp3) is 0.286. The zero-order valence-corrected chi connectivity index (χ0v) is 14.5. The minimum absolute atomic E-state index is 0.123. The van der Waals surface area contributed by atoms with Gasteiger partial charge in [0.2, 0.25) is 0 Å². The molecule has 0 fully saturated rings. The third kappa shape index (κ3) is 3.42. The maximum absolute atomic E-state index is 11.7. The highest BCUT2D eigenvalue weighted by molar-refractivity contribution is 9.10. The van der Waals surface area contributed by atoms with E-state index in [1.165, 1.54) is 4.88 Å². The van der Waals surface area contributed by atoms with Gasteiger partial charge in [0.1, 0.15) is 0 Å². The van der Waals surface area contributed by atoms with Gasteiger partial charge in [-0.15, -0.1) is 11.3 Å². The van der Waals surface area contributed by atoms with Crippen molar-refractivity contribution in [1.82, 2.24) is 0 Å². The zero-order valence-electron chi connectivity index (χ0n) is 11.3. The largest absolute Gasteiger partial charge is 0.378 e. The molecule has 2 rings (SSSR count). The Morgan fingerprint density at radius 2 is 1.90 bits per heavy atom. The van der Waals surface area contributed by atoms with E-state index >= 15 is 0 Å². The molecule has 0 aliphatic heterocycles. The Bertz CT molecular complexity index is 677. The van der Waals surface area contributed by atoms with Crippen LogP contribution in [-0.4, -0.2) is 14.2 Å². The molecule has 1 atom stereocenters. The molecule has 1 unspecified atom stereocenters. The van der Waals surface area contributed by atoms with Gasteiger partial charge in [0, 0.05) is 15.0 Å². The molecule has 1 aromatic heterocycles. The zero-order chi connectivity index (χ0) is 14.8. The first-order chi connectivity index (χ1) is 9.44. The Morgan fingerprint density at radius 1 is 1.25 bits per heavy atom. The maximum atomic E-state index is 11.7. The summed E-state index contributed by atoms with van der Waals surface area (Å²) in [7, 11) is -3.13. The standard InChI is InChI=1S/C14H16BrNO2S2/c1-3-20(17,18)12-6-4-11(5-7-12)16-10(2)14-13(15)8-9-19-14/h4-10,16H,3H2,1-2H3. The van der Waals surface area contributed by atoms with E-state index in [0.717, 1.165) is 10.2 Å². The predicted molar refractivity (Wildman–Crippen MR) is 88.2 cm³/mol. The van der Waals surface area contributed by atoms with Crippen LogP contribution in [0.3, 0.4) is 0 Å². The Labute approximate surface area is 132 Å². The van der Waals surface area contributed by atoms with Gasteiger partial charge in [-0.1, -0.05) is 6.92 Å². The highest BCUT2D eigenvalue weighted by Gasteiger charge is 2.13. The van der Waals surface area contributed by atoms with Crippen LogP contribution in [0.5, 0.6) is 0 Å². The highest BCUT2D eigenvalue weighted by atomic mass is 79.9. The lowest BCUT2D eigenvalue weighted by molar-refractivity contribution is 0.597. The first-order valence-electron chi connectivity index (χ1n) is 6.26. The minimum atomic E-state index is -3.13. The number of nitrogens with one attached hydrogen (secondary N) is 1. The summed E-state index contributed by atoms with van der Waals surface area (Å²) in [5.74, 6) is 0.123. The normalized spacial score (nSPS) is 13.2. The summed E-state index contributed by atoms with van der Waals surface area (Å²) in [5.41, 5.74) is 0.910. The van der Waals surface area contributed by atoms with Gasteiger partial charge < -0.3 is 5.32 Å². The van der Waals surface area contributed by atoms with Crippen molar-refractivity contribution < 1.29 is 8.42 Å². The number of rotatable bonds is 5. The van der Waals surface area contributed by atoms with Crippen molar-refractivity contribution in [3.05, 3.63) is 45.1 Å². The molecule has 0 saturated heterocycles. The van der Waals surface area contributed by atoms with Crippen LogP contribution in [0, 0.1) is 0 Å². The van der Waals surface area contributed by atoms with Crippen LogP contribution in [0.15, 0.2) is 45.1 Å². The van der Waals surface area contributed by atoms with Crippen LogP contribution in [-0.2, 0) is 9.84 Å². The van der Waals surface area contributed by atoms with Gasteiger partial charge in [0.25, 0.3) is 0 Å². The van der Waals surface area contributed by atoms with Gasteiger partial charge in [-0.2, -0.15) is 0 Å². The number of hydrogen-bond acceptors (Lipinski definition) is 4. The number of hydrogen-bond donors (Lipinski definition) is 1. The van der Waals surface area contributed by atoms with Crippen molar-refractivity contribution in [2.75, 3.05) is 11.1 Å². The second kappa shape index (κ2) is 6.28. The van der Waals surface area contributed by atoms with Gasteiger partial charge in [0.05, 0.1) is 16.7 Å². The summed E-state index contributed by atoms with van der Waals surface area (Å²) in [6.07, 6.45) is 0. The lowest BCUT2D eigenvalue weighted by Crippen LogP contribution is -2.06. The molecule has 0 aliphatic carbocycles. The summed E-state index contributed by atoms with van der Waals surface area (Å²) in [5, 5.41) is 5.40. The Hall–Kier alpha value is -0.850. The Balaban J connectivity index is 2.14. The van der Waals surface area contributed by atoms with E-state index in [0.29, 0.717) is 4.90 Å². The van der Waals surface area contributed by atoms with Crippen LogP contribution in [0.4, 0.5) is 5.69 Å². The number of sulfone groups is 1. The molecule has 0 aliphatic rings. The molecule has 0 spiro atoms. The molecule has 108 valence electrons. The third-order valence-electron chi connectivity index (χ3n) is 3.01. The molecule has 0 radical (unpaired) electrons. The second-order valence-corrected chi connectivity index (χ2v) is 8.51. The lowest BCUT2D eigenvalue weighted by atomic mass is 10.2. The summed E-state index contributed by atoms with van der Waals surface area (Å²) < 4.78 is 24.6. The van der Waals surface area contributed by atoms with Crippen LogP contribution in [0.1, 0.15) is 24.8 Å². The fourth-order valence-corrected chi connectivity index (χ4v) is 4.46. The van der Waals surface area contributed by atoms with E-state index in [1.54, 1.807) is 42.5 Å². The number of halogens is 1. The van der Waals surface area contributed by atoms with E-state index in [2.05, 4.69) is 28.2 Å². The van der Waals surface area contributed by atoms with Crippen molar-refractivity contribution >= 4 is 42.8 Å². The van der Waals surface area contributed by atoms with Crippen LogP contribution >= 0.6 is 27.3 Å². The molecule has 6 heteroatoms.